The Kier molecular flexibility index (Phi) is 15.3. The number of phenolic OH excluding ortho intramolecular Hbond substituents is 1. The highest BCUT2D eigenvalue weighted by atomic mass is 16.5. The fourth-order valence-electron chi connectivity index (χ4n) is 3.82. The van der Waals surface area contributed by atoms with E-state index in [2.05, 4.69) is 10.3 Å². The third kappa shape index (κ3) is 12.9. The Morgan fingerprint density at radius 1 is 0.822 bits per heavy atom. The van der Waals surface area contributed by atoms with Crippen molar-refractivity contribution in [2.75, 3.05) is 60.4 Å². The van der Waals surface area contributed by atoms with Crippen LogP contribution < -0.4 is 19.9 Å². The first kappa shape index (κ1) is 34.9. The molecule has 3 rings (SSSR count). The highest BCUT2D eigenvalue weighted by molar-refractivity contribution is 6.10. The average Bonchev–Trinajstić information content (AvgIpc) is 3.51. The van der Waals surface area contributed by atoms with Crippen LogP contribution in [0.15, 0.2) is 54.7 Å². The van der Waals surface area contributed by atoms with Crippen LogP contribution in [0.25, 0.3) is 12.2 Å². The van der Waals surface area contributed by atoms with Crippen LogP contribution in [0.4, 0.5) is 0 Å². The lowest BCUT2D eigenvalue weighted by Gasteiger charge is -2.10. The van der Waals surface area contributed by atoms with Gasteiger partial charge in [0.05, 0.1) is 73.0 Å². The zero-order valence-corrected chi connectivity index (χ0v) is 25.6. The molecule has 0 saturated heterocycles. The van der Waals surface area contributed by atoms with Crippen molar-refractivity contribution < 1.29 is 43.1 Å². The topological polar surface area (TPSA) is 166 Å². The molecule has 13 heteroatoms. The lowest BCUT2D eigenvalue weighted by molar-refractivity contribution is -0.121. The van der Waals surface area contributed by atoms with E-state index in [9.17, 15) is 14.7 Å². The molecule has 0 fully saturated rings. The third-order valence-corrected chi connectivity index (χ3v) is 6.10. The van der Waals surface area contributed by atoms with Crippen LogP contribution in [-0.2, 0) is 37.0 Å². The Morgan fingerprint density at radius 2 is 1.42 bits per heavy atom. The SMILES string of the molecule is COc1cc(/C=C/C(=O)CC(=O)/C=C/c2ccc(OCc3cn(CCOCCOCCOCCN)nn3)c(OC)c2)ccc1O. The lowest BCUT2D eigenvalue weighted by Crippen LogP contribution is -2.14. The van der Waals surface area contributed by atoms with Gasteiger partial charge in [0.1, 0.15) is 12.3 Å². The molecular weight excluding hydrogens is 584 g/mol. The van der Waals surface area contributed by atoms with E-state index in [0.29, 0.717) is 86.8 Å². The minimum Gasteiger partial charge on any atom is -0.504 e. The van der Waals surface area contributed by atoms with E-state index in [1.165, 1.54) is 32.4 Å². The normalized spacial score (nSPS) is 11.4. The molecule has 2 aromatic carbocycles. The van der Waals surface area contributed by atoms with E-state index in [1.807, 2.05) is 0 Å². The summed E-state index contributed by atoms with van der Waals surface area (Å²) in [6.45, 7) is 4.15. The molecule has 0 saturated carbocycles. The van der Waals surface area contributed by atoms with Crippen LogP contribution in [0.2, 0.25) is 0 Å². The number of hydrogen-bond acceptors (Lipinski definition) is 12. The molecule has 0 aliphatic carbocycles. The number of nitrogens with two attached hydrogens (primary N) is 1. The summed E-state index contributed by atoms with van der Waals surface area (Å²) >= 11 is 0. The van der Waals surface area contributed by atoms with Crippen LogP contribution in [0.5, 0.6) is 23.0 Å². The number of aromatic hydroxyl groups is 1. The van der Waals surface area contributed by atoms with Gasteiger partial charge in [-0.25, -0.2) is 4.68 Å². The maximum atomic E-state index is 12.3. The molecule has 242 valence electrons. The number of ether oxygens (including phenoxy) is 6. The zero-order chi connectivity index (χ0) is 32.3. The molecular formula is C32H40N4O9. The van der Waals surface area contributed by atoms with Crippen LogP contribution in [-0.4, -0.2) is 92.1 Å². The first-order valence-corrected chi connectivity index (χ1v) is 14.3. The molecule has 3 N–H and O–H groups in total. The predicted molar refractivity (Wildman–Crippen MR) is 166 cm³/mol. The van der Waals surface area contributed by atoms with Crippen molar-refractivity contribution in [1.29, 1.82) is 0 Å². The molecule has 0 atom stereocenters. The van der Waals surface area contributed by atoms with E-state index in [-0.39, 0.29) is 30.3 Å². The van der Waals surface area contributed by atoms with Gasteiger partial charge in [-0.1, -0.05) is 29.5 Å². The largest absolute Gasteiger partial charge is 0.504 e. The number of carbonyl (C=O) groups excluding carboxylic acids is 2. The average molecular weight is 625 g/mol. The smallest absolute Gasteiger partial charge is 0.163 e. The second-order valence-electron chi connectivity index (χ2n) is 9.51. The maximum absolute atomic E-state index is 12.3. The highest BCUT2D eigenvalue weighted by Gasteiger charge is 2.09. The second kappa shape index (κ2) is 19.7. The number of phenols is 1. The number of ketones is 2. The van der Waals surface area contributed by atoms with Gasteiger partial charge in [-0.3, -0.25) is 9.59 Å². The van der Waals surface area contributed by atoms with E-state index < -0.39 is 0 Å². The number of carbonyl (C=O) groups is 2. The molecule has 3 aromatic rings. The van der Waals surface area contributed by atoms with E-state index in [1.54, 1.807) is 53.4 Å². The number of rotatable bonds is 22. The Morgan fingerprint density at radius 3 is 2.07 bits per heavy atom. The second-order valence-corrected chi connectivity index (χ2v) is 9.51. The summed E-state index contributed by atoms with van der Waals surface area (Å²) < 4.78 is 34.3. The predicted octanol–water partition coefficient (Wildman–Crippen LogP) is 2.84. The monoisotopic (exact) mass is 624 g/mol. The van der Waals surface area contributed by atoms with Crippen molar-refractivity contribution >= 4 is 23.7 Å². The minimum absolute atomic E-state index is 0.000376. The summed E-state index contributed by atoms with van der Waals surface area (Å²) in [5, 5.41) is 17.9. The number of hydrogen-bond donors (Lipinski definition) is 2. The summed E-state index contributed by atoms with van der Waals surface area (Å²) in [4.78, 5) is 24.6. The molecule has 13 nitrogen and oxygen atoms in total. The first-order chi connectivity index (χ1) is 21.9. The van der Waals surface area contributed by atoms with E-state index >= 15 is 0 Å². The number of aromatic nitrogens is 3. The summed E-state index contributed by atoms with van der Waals surface area (Å²) in [7, 11) is 2.96. The number of methoxy groups -OCH3 is 2. The summed E-state index contributed by atoms with van der Waals surface area (Å²) in [6.07, 6.45) is 7.33. The third-order valence-electron chi connectivity index (χ3n) is 6.10. The van der Waals surface area contributed by atoms with Crippen molar-refractivity contribution in [3.05, 3.63) is 71.6 Å². The number of allylic oxidation sites excluding steroid dienone is 2. The van der Waals surface area contributed by atoms with Crippen LogP contribution in [0, 0.1) is 0 Å². The molecule has 0 amide bonds. The van der Waals surface area contributed by atoms with Crippen LogP contribution in [0.1, 0.15) is 23.2 Å². The van der Waals surface area contributed by atoms with Gasteiger partial charge in [0.2, 0.25) is 0 Å². The minimum atomic E-state index is -0.353. The molecule has 0 bridgehead atoms. The Bertz CT molecular complexity index is 1420. The van der Waals surface area contributed by atoms with Gasteiger partial charge in [-0.05, 0) is 47.5 Å². The van der Waals surface area contributed by atoms with Gasteiger partial charge in [0, 0.05) is 6.54 Å². The number of nitrogens with zero attached hydrogens (tertiary/aromatic N) is 3. The zero-order valence-electron chi connectivity index (χ0n) is 25.6. The quantitative estimate of drug-likeness (QED) is 0.0955. The standard InChI is InChI=1S/C32H40N4O9/c1-40-31-19-24(5-9-29(31)39)3-7-27(37)21-28(38)8-4-25-6-10-30(32(20-25)41-2)45-23-26-22-36(35-34-26)12-14-43-16-18-44-17-15-42-13-11-33/h3-10,19-20,22,39H,11-18,21,23,33H2,1-2H3/b7-3+,8-4+. The Balaban J connectivity index is 1.40. The molecule has 0 aliphatic rings. The fourth-order valence-corrected chi connectivity index (χ4v) is 3.82. The lowest BCUT2D eigenvalue weighted by atomic mass is 10.1. The van der Waals surface area contributed by atoms with Gasteiger partial charge in [-0.15, -0.1) is 5.10 Å². The van der Waals surface area contributed by atoms with Gasteiger partial charge >= 0.3 is 0 Å². The molecule has 0 spiro atoms. The Hall–Kier alpha value is -4.56. The van der Waals surface area contributed by atoms with Gasteiger partial charge in [0.15, 0.2) is 34.6 Å². The van der Waals surface area contributed by atoms with E-state index in [0.717, 1.165) is 0 Å². The highest BCUT2D eigenvalue weighted by Crippen LogP contribution is 2.29. The van der Waals surface area contributed by atoms with Gasteiger partial charge < -0.3 is 39.3 Å². The molecule has 0 unspecified atom stereocenters. The van der Waals surface area contributed by atoms with E-state index in [4.69, 9.17) is 34.2 Å². The van der Waals surface area contributed by atoms with Crippen molar-refractivity contribution in [2.24, 2.45) is 5.73 Å². The maximum Gasteiger partial charge on any atom is 0.163 e. The first-order valence-electron chi connectivity index (χ1n) is 14.3. The van der Waals surface area contributed by atoms with Gasteiger partial charge in [0.25, 0.3) is 0 Å². The van der Waals surface area contributed by atoms with Crippen LogP contribution in [0.3, 0.4) is 0 Å². The molecule has 1 heterocycles. The van der Waals surface area contributed by atoms with Crippen molar-refractivity contribution in [3.8, 4) is 23.0 Å². The summed E-state index contributed by atoms with van der Waals surface area (Å²) in [5.41, 5.74) is 7.34. The van der Waals surface area contributed by atoms with Crippen molar-refractivity contribution in [3.63, 3.8) is 0 Å². The summed E-state index contributed by atoms with van der Waals surface area (Å²) in [5.74, 6) is 0.562. The molecule has 45 heavy (non-hydrogen) atoms. The van der Waals surface area contributed by atoms with Gasteiger partial charge in [-0.2, -0.15) is 0 Å². The molecule has 0 radical (unpaired) electrons. The Labute approximate surface area is 262 Å². The molecule has 0 aliphatic heterocycles. The van der Waals surface area contributed by atoms with Crippen molar-refractivity contribution in [2.45, 2.75) is 19.6 Å². The fraction of sp³-hybridized carbons (Fsp3) is 0.375. The summed E-state index contributed by atoms with van der Waals surface area (Å²) in [6, 6.07) is 9.92. The van der Waals surface area contributed by atoms with Crippen LogP contribution >= 0.6 is 0 Å². The number of benzene rings is 2. The van der Waals surface area contributed by atoms with Crippen molar-refractivity contribution in [1.82, 2.24) is 15.0 Å². The molecule has 1 aromatic heterocycles.